The van der Waals surface area contributed by atoms with Crippen LogP contribution in [0.5, 0.6) is 0 Å². The molecule has 2 aliphatic rings. The molecule has 0 radical (unpaired) electrons. The van der Waals surface area contributed by atoms with Gasteiger partial charge in [0, 0.05) is 18.4 Å². The summed E-state index contributed by atoms with van der Waals surface area (Å²) in [5, 5.41) is 9.81. The number of amides is 2. The fourth-order valence-corrected chi connectivity index (χ4v) is 2.03. The summed E-state index contributed by atoms with van der Waals surface area (Å²) in [6.07, 6.45) is 1.95. The van der Waals surface area contributed by atoms with Crippen molar-refractivity contribution in [3.05, 3.63) is 11.3 Å². The highest BCUT2D eigenvalue weighted by molar-refractivity contribution is 5.94. The number of rotatable bonds is 2. The van der Waals surface area contributed by atoms with Crippen LogP contribution < -0.4 is 5.32 Å². The molecule has 1 aliphatic heterocycles. The van der Waals surface area contributed by atoms with E-state index in [9.17, 15) is 9.59 Å². The number of carbonyl (C=O) groups excluding carboxylic acids is 2. The van der Waals surface area contributed by atoms with Crippen LogP contribution in [0, 0.1) is 5.92 Å². The van der Waals surface area contributed by atoms with Crippen molar-refractivity contribution in [1.29, 1.82) is 0 Å². The summed E-state index contributed by atoms with van der Waals surface area (Å²) in [6, 6.07) is 0. The quantitative estimate of drug-likeness (QED) is 0.787. The van der Waals surface area contributed by atoms with Gasteiger partial charge in [-0.1, -0.05) is 0 Å². The Morgan fingerprint density at radius 1 is 1.41 bits per heavy atom. The van der Waals surface area contributed by atoms with E-state index in [-0.39, 0.29) is 17.7 Å². The molecule has 1 saturated carbocycles. The van der Waals surface area contributed by atoms with Gasteiger partial charge in [-0.05, 0) is 12.8 Å². The van der Waals surface area contributed by atoms with Gasteiger partial charge in [0.15, 0.2) is 0 Å². The Morgan fingerprint density at radius 2 is 2.18 bits per heavy atom. The lowest BCUT2D eigenvalue weighted by Gasteiger charge is -2.12. The molecule has 0 atom stereocenters. The van der Waals surface area contributed by atoms with Crippen LogP contribution in [0.3, 0.4) is 0 Å². The number of aromatic amines is 1. The molecule has 0 unspecified atom stereocenters. The normalized spacial score (nSPS) is 18.1. The molecule has 90 valence electrons. The summed E-state index contributed by atoms with van der Waals surface area (Å²) in [6.45, 7) is 2.60. The summed E-state index contributed by atoms with van der Waals surface area (Å²) in [5.41, 5.74) is 1.79. The van der Waals surface area contributed by atoms with Crippen molar-refractivity contribution in [3.63, 3.8) is 0 Å². The highest BCUT2D eigenvalue weighted by Gasteiger charge is 2.32. The highest BCUT2D eigenvalue weighted by Crippen LogP contribution is 2.32. The maximum Gasteiger partial charge on any atom is 0.228 e. The zero-order chi connectivity index (χ0) is 12.0. The Labute approximate surface area is 98.4 Å². The van der Waals surface area contributed by atoms with Gasteiger partial charge in [-0.2, -0.15) is 5.10 Å². The average molecular weight is 234 g/mol. The van der Waals surface area contributed by atoms with E-state index in [1.54, 1.807) is 4.90 Å². The third-order valence-electron chi connectivity index (χ3n) is 3.28. The second kappa shape index (κ2) is 3.58. The molecule has 1 aliphatic carbocycles. The van der Waals surface area contributed by atoms with Crippen molar-refractivity contribution < 1.29 is 9.59 Å². The first kappa shape index (κ1) is 10.3. The maximum atomic E-state index is 11.6. The Morgan fingerprint density at radius 3 is 2.82 bits per heavy atom. The predicted octanol–water partition coefficient (Wildman–Crippen LogP) is 0.620. The van der Waals surface area contributed by atoms with Crippen molar-refractivity contribution in [2.75, 3.05) is 5.32 Å². The second-order valence-electron chi connectivity index (χ2n) is 4.66. The Balaban J connectivity index is 1.76. The summed E-state index contributed by atoms with van der Waals surface area (Å²) >= 11 is 0. The molecule has 0 bridgehead atoms. The van der Waals surface area contributed by atoms with Crippen LogP contribution in [-0.4, -0.2) is 26.9 Å². The average Bonchev–Trinajstić information content (AvgIpc) is 2.94. The van der Waals surface area contributed by atoms with Crippen LogP contribution in [0.2, 0.25) is 0 Å². The summed E-state index contributed by atoms with van der Waals surface area (Å²) < 4.78 is 0. The van der Waals surface area contributed by atoms with E-state index in [0.29, 0.717) is 18.9 Å². The third-order valence-corrected chi connectivity index (χ3v) is 3.28. The standard InChI is InChI=1S/C11H14N4O2/c1-6(16)15-4-8-9(5-15)13-14-10(8)12-11(17)7-2-3-7/h7H,2-5H2,1H3,(H2,12,13,14,17). The third kappa shape index (κ3) is 1.79. The molecular formula is C11H14N4O2. The van der Waals surface area contributed by atoms with Crippen molar-refractivity contribution in [2.24, 2.45) is 5.92 Å². The summed E-state index contributed by atoms with van der Waals surface area (Å²) in [5.74, 6) is 0.903. The van der Waals surface area contributed by atoms with E-state index in [1.807, 2.05) is 0 Å². The number of hydrogen-bond acceptors (Lipinski definition) is 3. The molecule has 17 heavy (non-hydrogen) atoms. The van der Waals surface area contributed by atoms with Gasteiger partial charge in [-0.15, -0.1) is 0 Å². The molecule has 1 fully saturated rings. The highest BCUT2D eigenvalue weighted by atomic mass is 16.2. The predicted molar refractivity (Wildman–Crippen MR) is 59.9 cm³/mol. The first-order chi connectivity index (χ1) is 8.15. The lowest BCUT2D eigenvalue weighted by atomic mass is 10.2. The van der Waals surface area contributed by atoms with Gasteiger partial charge in [0.2, 0.25) is 11.8 Å². The first-order valence-electron chi connectivity index (χ1n) is 5.77. The molecule has 1 aromatic heterocycles. The first-order valence-corrected chi connectivity index (χ1v) is 5.77. The van der Waals surface area contributed by atoms with Gasteiger partial charge in [-0.25, -0.2) is 0 Å². The van der Waals surface area contributed by atoms with E-state index in [2.05, 4.69) is 15.5 Å². The van der Waals surface area contributed by atoms with Gasteiger partial charge >= 0.3 is 0 Å². The molecule has 2 heterocycles. The molecule has 0 spiro atoms. The number of nitrogens with one attached hydrogen (secondary N) is 2. The minimum atomic E-state index is 0.0301. The lowest BCUT2D eigenvalue weighted by Crippen LogP contribution is -2.23. The summed E-state index contributed by atoms with van der Waals surface area (Å²) in [7, 11) is 0. The Bertz CT molecular complexity index is 490. The fourth-order valence-electron chi connectivity index (χ4n) is 2.03. The van der Waals surface area contributed by atoms with Crippen molar-refractivity contribution >= 4 is 17.6 Å². The molecular weight excluding hydrogens is 220 g/mol. The van der Waals surface area contributed by atoms with E-state index in [4.69, 9.17) is 0 Å². The number of hydrogen-bond donors (Lipinski definition) is 2. The van der Waals surface area contributed by atoms with Gasteiger partial charge in [0.05, 0.1) is 18.8 Å². The van der Waals surface area contributed by atoms with Crippen molar-refractivity contribution in [3.8, 4) is 0 Å². The SMILES string of the molecule is CC(=O)N1Cc2n[nH]c(NC(=O)C3CC3)c2C1. The Hall–Kier alpha value is -1.85. The second-order valence-corrected chi connectivity index (χ2v) is 4.66. The zero-order valence-corrected chi connectivity index (χ0v) is 9.62. The number of fused-ring (bicyclic) bond motifs is 1. The van der Waals surface area contributed by atoms with Crippen molar-refractivity contribution in [1.82, 2.24) is 15.1 Å². The molecule has 6 nitrogen and oxygen atoms in total. The van der Waals surface area contributed by atoms with E-state index in [1.165, 1.54) is 6.92 Å². The topological polar surface area (TPSA) is 78.1 Å². The van der Waals surface area contributed by atoms with Crippen LogP contribution >= 0.6 is 0 Å². The van der Waals surface area contributed by atoms with Gasteiger partial charge in [0.1, 0.15) is 5.82 Å². The van der Waals surface area contributed by atoms with Crippen LogP contribution in [0.25, 0.3) is 0 Å². The zero-order valence-electron chi connectivity index (χ0n) is 9.62. The molecule has 0 saturated heterocycles. The van der Waals surface area contributed by atoms with Gasteiger partial charge < -0.3 is 10.2 Å². The largest absolute Gasteiger partial charge is 0.332 e. The lowest BCUT2D eigenvalue weighted by molar-refractivity contribution is -0.129. The van der Waals surface area contributed by atoms with E-state index in [0.717, 1.165) is 24.1 Å². The van der Waals surface area contributed by atoms with Crippen LogP contribution in [-0.2, 0) is 22.7 Å². The minimum Gasteiger partial charge on any atom is -0.332 e. The van der Waals surface area contributed by atoms with E-state index >= 15 is 0 Å². The minimum absolute atomic E-state index is 0.0301. The molecule has 2 N–H and O–H groups in total. The van der Waals surface area contributed by atoms with Crippen LogP contribution in [0.15, 0.2) is 0 Å². The Kier molecular flexibility index (Phi) is 2.17. The van der Waals surface area contributed by atoms with Crippen molar-refractivity contribution in [2.45, 2.75) is 32.9 Å². The summed E-state index contributed by atoms with van der Waals surface area (Å²) in [4.78, 5) is 24.6. The smallest absolute Gasteiger partial charge is 0.228 e. The van der Waals surface area contributed by atoms with Crippen LogP contribution in [0.4, 0.5) is 5.82 Å². The molecule has 0 aromatic carbocycles. The number of nitrogens with zero attached hydrogens (tertiary/aromatic N) is 2. The van der Waals surface area contributed by atoms with E-state index < -0.39 is 0 Å². The molecule has 1 aromatic rings. The number of carbonyl (C=O) groups is 2. The maximum absolute atomic E-state index is 11.6. The van der Waals surface area contributed by atoms with Gasteiger partial charge in [-0.3, -0.25) is 14.7 Å². The van der Waals surface area contributed by atoms with Crippen LogP contribution in [0.1, 0.15) is 31.0 Å². The number of anilines is 1. The number of H-pyrrole nitrogens is 1. The van der Waals surface area contributed by atoms with Gasteiger partial charge in [0.25, 0.3) is 0 Å². The number of aromatic nitrogens is 2. The fraction of sp³-hybridized carbons (Fsp3) is 0.545. The molecule has 6 heteroatoms. The monoisotopic (exact) mass is 234 g/mol. The molecule has 3 rings (SSSR count). The molecule has 2 amide bonds.